The lowest BCUT2D eigenvalue weighted by molar-refractivity contribution is -0.113. The molecule has 0 radical (unpaired) electrons. The number of rotatable bonds is 6. The molecule has 178 valence electrons. The van der Waals surface area contributed by atoms with Gasteiger partial charge in [-0.1, -0.05) is 17.8 Å². The molecule has 35 heavy (non-hydrogen) atoms. The maximum absolute atomic E-state index is 13.0. The Balaban J connectivity index is 1.28. The first-order valence-corrected chi connectivity index (χ1v) is 13.9. The summed E-state index contributed by atoms with van der Waals surface area (Å²) in [5.41, 5.74) is 4.90. The second-order valence-corrected chi connectivity index (χ2v) is 11.5. The number of aryl methyl sites for hydroxylation is 3. The molecule has 0 aliphatic rings. The summed E-state index contributed by atoms with van der Waals surface area (Å²) in [7, 11) is 0. The molecular formula is C26H24N4O2S3. The van der Waals surface area contributed by atoms with Crippen molar-refractivity contribution in [3.05, 3.63) is 68.8 Å². The summed E-state index contributed by atoms with van der Waals surface area (Å²) in [6.45, 7) is 8.46. The van der Waals surface area contributed by atoms with Crippen LogP contribution >= 0.6 is 34.4 Å². The minimum atomic E-state index is -0.145. The molecule has 0 atom stereocenters. The molecule has 0 bridgehead atoms. The number of benzene rings is 2. The highest BCUT2D eigenvalue weighted by Crippen LogP contribution is 2.32. The number of nitrogens with one attached hydrogen (secondary N) is 1. The Morgan fingerprint density at radius 3 is 2.57 bits per heavy atom. The zero-order chi connectivity index (χ0) is 24.7. The molecule has 3 aromatic heterocycles. The number of thioether (sulfide) groups is 1. The summed E-state index contributed by atoms with van der Waals surface area (Å²) < 4.78 is 2.81. The Morgan fingerprint density at radius 1 is 1.06 bits per heavy atom. The van der Waals surface area contributed by atoms with Crippen molar-refractivity contribution in [3.63, 3.8) is 0 Å². The molecule has 3 heterocycles. The van der Waals surface area contributed by atoms with Gasteiger partial charge in [0.2, 0.25) is 5.91 Å². The normalized spacial score (nSPS) is 11.4. The van der Waals surface area contributed by atoms with Gasteiger partial charge in [0.1, 0.15) is 9.84 Å². The van der Waals surface area contributed by atoms with Crippen LogP contribution in [0.25, 0.3) is 31.0 Å². The van der Waals surface area contributed by atoms with E-state index in [0.29, 0.717) is 17.1 Å². The van der Waals surface area contributed by atoms with E-state index < -0.39 is 0 Å². The van der Waals surface area contributed by atoms with Crippen molar-refractivity contribution >= 4 is 66.5 Å². The molecule has 1 amide bonds. The predicted octanol–water partition coefficient (Wildman–Crippen LogP) is 6.41. The molecule has 0 aliphatic carbocycles. The molecule has 0 spiro atoms. The molecule has 2 aromatic carbocycles. The van der Waals surface area contributed by atoms with E-state index in [2.05, 4.69) is 24.4 Å². The minimum Gasteiger partial charge on any atom is -0.325 e. The lowest BCUT2D eigenvalue weighted by Gasteiger charge is -2.10. The van der Waals surface area contributed by atoms with E-state index in [1.807, 2.05) is 51.1 Å². The van der Waals surface area contributed by atoms with E-state index in [1.165, 1.54) is 33.4 Å². The van der Waals surface area contributed by atoms with Gasteiger partial charge >= 0.3 is 0 Å². The Labute approximate surface area is 215 Å². The second kappa shape index (κ2) is 9.56. The predicted molar refractivity (Wildman–Crippen MR) is 148 cm³/mol. The quantitative estimate of drug-likeness (QED) is 0.207. The summed E-state index contributed by atoms with van der Waals surface area (Å²) in [4.78, 5) is 36.9. The third-order valence-electron chi connectivity index (χ3n) is 5.86. The van der Waals surface area contributed by atoms with Gasteiger partial charge in [-0.2, -0.15) is 0 Å². The average Bonchev–Trinajstić information content (AvgIpc) is 3.38. The molecule has 0 saturated carbocycles. The molecule has 0 aliphatic heterocycles. The van der Waals surface area contributed by atoms with Crippen molar-refractivity contribution in [1.82, 2.24) is 14.5 Å². The summed E-state index contributed by atoms with van der Waals surface area (Å²) in [5, 5.41) is 5.15. The van der Waals surface area contributed by atoms with Crippen molar-refractivity contribution in [1.29, 1.82) is 0 Å². The molecule has 1 N–H and O–H groups in total. The SMILES string of the molecule is CCn1c(SCC(=O)Nc2ccc(-c3nc4ccc(C)cc4s3)cc2)nc2sc(C)c(C)c2c1=O. The van der Waals surface area contributed by atoms with Crippen molar-refractivity contribution in [3.8, 4) is 10.6 Å². The number of aromatic nitrogens is 3. The van der Waals surface area contributed by atoms with Crippen LogP contribution in [0, 0.1) is 20.8 Å². The highest BCUT2D eigenvalue weighted by molar-refractivity contribution is 7.99. The third-order valence-corrected chi connectivity index (χ3v) is 9.01. The first kappa shape index (κ1) is 23.7. The van der Waals surface area contributed by atoms with Gasteiger partial charge in [-0.25, -0.2) is 9.97 Å². The van der Waals surface area contributed by atoms with Crippen molar-refractivity contribution in [2.45, 2.75) is 39.4 Å². The summed E-state index contributed by atoms with van der Waals surface area (Å²) in [6.07, 6.45) is 0. The third kappa shape index (κ3) is 4.63. The average molecular weight is 521 g/mol. The Kier molecular flexibility index (Phi) is 6.48. The van der Waals surface area contributed by atoms with Gasteiger partial charge in [0.15, 0.2) is 5.16 Å². The van der Waals surface area contributed by atoms with Crippen molar-refractivity contribution in [2.24, 2.45) is 0 Å². The number of nitrogens with zero attached hydrogens (tertiary/aromatic N) is 3. The van der Waals surface area contributed by atoms with Crippen LogP contribution in [0.2, 0.25) is 0 Å². The first-order chi connectivity index (χ1) is 16.8. The number of amides is 1. The Hall–Kier alpha value is -3.01. The Bertz CT molecular complexity index is 1630. The van der Waals surface area contributed by atoms with Gasteiger partial charge in [-0.05, 0) is 75.2 Å². The number of carbonyl (C=O) groups excluding carboxylic acids is 1. The van der Waals surface area contributed by atoms with Gasteiger partial charge < -0.3 is 5.32 Å². The highest BCUT2D eigenvalue weighted by atomic mass is 32.2. The fraction of sp³-hybridized carbons (Fsp3) is 0.231. The van der Waals surface area contributed by atoms with Crippen LogP contribution < -0.4 is 10.9 Å². The second-order valence-electron chi connectivity index (χ2n) is 8.31. The van der Waals surface area contributed by atoms with Crippen LogP contribution in [0.4, 0.5) is 5.69 Å². The van der Waals surface area contributed by atoms with Gasteiger partial charge in [0.05, 0.1) is 21.4 Å². The standard InChI is InChI=1S/C26H24N4O2S3/c1-5-30-25(32)22-15(3)16(4)34-24(22)29-26(30)33-13-21(31)27-18-9-7-17(8-10-18)23-28-19-11-6-14(2)12-20(19)35-23/h6-12H,5,13H2,1-4H3,(H,27,31). The fourth-order valence-corrected chi connectivity index (χ4v) is 6.88. The van der Waals surface area contributed by atoms with Crippen molar-refractivity contribution in [2.75, 3.05) is 11.1 Å². The summed E-state index contributed by atoms with van der Waals surface area (Å²) in [5.74, 6) is 0.0222. The number of fused-ring (bicyclic) bond motifs is 2. The van der Waals surface area contributed by atoms with E-state index in [9.17, 15) is 9.59 Å². The van der Waals surface area contributed by atoms with E-state index in [-0.39, 0.29) is 17.2 Å². The van der Waals surface area contributed by atoms with Gasteiger partial charge in [0, 0.05) is 22.7 Å². The molecule has 5 rings (SSSR count). The fourth-order valence-electron chi connectivity index (χ4n) is 3.88. The van der Waals surface area contributed by atoms with Crippen LogP contribution in [0.3, 0.4) is 0 Å². The number of anilines is 1. The van der Waals surface area contributed by atoms with E-state index in [1.54, 1.807) is 15.9 Å². The van der Waals surface area contributed by atoms with Gasteiger partial charge in [-0.3, -0.25) is 14.2 Å². The van der Waals surface area contributed by atoms with Crippen LogP contribution in [0.1, 0.15) is 22.9 Å². The first-order valence-electron chi connectivity index (χ1n) is 11.2. The largest absolute Gasteiger partial charge is 0.325 e. The van der Waals surface area contributed by atoms with E-state index in [4.69, 9.17) is 9.97 Å². The molecule has 6 nitrogen and oxygen atoms in total. The maximum atomic E-state index is 13.0. The molecule has 0 saturated heterocycles. The van der Waals surface area contributed by atoms with Crippen LogP contribution in [0.5, 0.6) is 0 Å². The van der Waals surface area contributed by atoms with E-state index in [0.717, 1.165) is 37.0 Å². The molecular weight excluding hydrogens is 497 g/mol. The van der Waals surface area contributed by atoms with Gasteiger partial charge in [-0.15, -0.1) is 22.7 Å². The summed E-state index contributed by atoms with van der Waals surface area (Å²) >= 11 is 4.47. The highest BCUT2D eigenvalue weighted by Gasteiger charge is 2.17. The number of hydrogen-bond acceptors (Lipinski definition) is 7. The number of thiophene rings is 1. The van der Waals surface area contributed by atoms with Crippen LogP contribution in [-0.4, -0.2) is 26.2 Å². The number of thiazole rings is 1. The van der Waals surface area contributed by atoms with Gasteiger partial charge in [0.25, 0.3) is 5.56 Å². The van der Waals surface area contributed by atoms with Crippen molar-refractivity contribution < 1.29 is 4.79 Å². The zero-order valence-electron chi connectivity index (χ0n) is 19.8. The van der Waals surface area contributed by atoms with Crippen LogP contribution in [-0.2, 0) is 11.3 Å². The smallest absolute Gasteiger partial charge is 0.263 e. The lowest BCUT2D eigenvalue weighted by atomic mass is 10.2. The zero-order valence-corrected chi connectivity index (χ0v) is 22.3. The summed E-state index contributed by atoms with van der Waals surface area (Å²) in [6, 6.07) is 14.0. The minimum absolute atomic E-state index is 0.0390. The van der Waals surface area contributed by atoms with Crippen LogP contribution in [0.15, 0.2) is 52.4 Å². The van der Waals surface area contributed by atoms with E-state index >= 15 is 0 Å². The number of hydrogen-bond donors (Lipinski definition) is 1. The maximum Gasteiger partial charge on any atom is 0.263 e. The molecule has 9 heteroatoms. The monoisotopic (exact) mass is 520 g/mol. The molecule has 0 fully saturated rings. The molecule has 0 unspecified atom stereocenters. The lowest BCUT2D eigenvalue weighted by Crippen LogP contribution is -2.23. The number of carbonyl (C=O) groups is 1. The Morgan fingerprint density at radius 2 is 1.83 bits per heavy atom. The molecule has 5 aromatic rings. The topological polar surface area (TPSA) is 76.9 Å².